The van der Waals surface area contributed by atoms with E-state index in [1.165, 1.54) is 33.4 Å². The first-order chi connectivity index (χ1) is 20.8. The Bertz CT molecular complexity index is 1280. The zero-order chi connectivity index (χ0) is 28.9. The second-order valence-corrected chi connectivity index (χ2v) is 9.46. The molecule has 6 aromatic rings. The number of rotatable bonds is 6. The third kappa shape index (κ3) is 13.5. The van der Waals surface area contributed by atoms with E-state index in [0.717, 1.165) is 0 Å². The normalized spacial score (nSPS) is 10.3. The summed E-state index contributed by atoms with van der Waals surface area (Å²) >= 11 is 0. The van der Waals surface area contributed by atoms with Crippen molar-refractivity contribution < 1.29 is 16.5 Å². The first kappa shape index (κ1) is 32.5. The molecule has 0 aliphatic carbocycles. The van der Waals surface area contributed by atoms with Gasteiger partial charge < -0.3 is 0 Å². The summed E-state index contributed by atoms with van der Waals surface area (Å²) in [7, 11) is 0. The van der Waals surface area contributed by atoms with E-state index in [-0.39, 0.29) is 16.5 Å². The maximum absolute atomic E-state index is 2.12. The van der Waals surface area contributed by atoms with Crippen LogP contribution in [0.3, 0.4) is 0 Å². The molecular weight excluding hydrogens is 563 g/mol. The largest absolute Gasteiger partial charge is 2.00 e. The van der Waals surface area contributed by atoms with Crippen molar-refractivity contribution in [1.29, 1.82) is 0 Å². The first-order valence-electron chi connectivity index (χ1n) is 14.2. The zero-order valence-corrected chi connectivity index (χ0v) is 25.1. The average molecular weight is 599 g/mol. The summed E-state index contributed by atoms with van der Waals surface area (Å²) < 4.78 is 0. The maximum atomic E-state index is 2.12. The van der Waals surface area contributed by atoms with Crippen LogP contribution in [0.15, 0.2) is 182 Å². The van der Waals surface area contributed by atoms with Crippen molar-refractivity contribution in [2.75, 3.05) is 0 Å². The van der Waals surface area contributed by atoms with E-state index in [2.05, 4.69) is 109 Å². The Morgan fingerprint density at radius 3 is 0.419 bits per heavy atom. The Kier molecular flexibility index (Phi) is 15.1. The van der Waals surface area contributed by atoms with Crippen LogP contribution >= 0.6 is 0 Å². The maximum Gasteiger partial charge on any atom is 2.00 e. The van der Waals surface area contributed by atoms with Crippen LogP contribution in [-0.2, 0) is 16.5 Å². The molecule has 0 saturated carbocycles. The van der Waals surface area contributed by atoms with Gasteiger partial charge in [0.15, 0.2) is 0 Å². The van der Waals surface area contributed by atoms with Crippen molar-refractivity contribution in [2.45, 2.75) is 0 Å². The summed E-state index contributed by atoms with van der Waals surface area (Å²) in [5.41, 5.74) is 7.40. The Morgan fingerprint density at radius 1 is 0.186 bits per heavy atom. The zero-order valence-electron chi connectivity index (χ0n) is 24.1. The van der Waals surface area contributed by atoms with Crippen LogP contribution in [-0.4, -0.2) is 0 Å². The van der Waals surface area contributed by atoms with Crippen molar-refractivity contribution in [3.63, 3.8) is 0 Å². The van der Waals surface area contributed by atoms with Crippen LogP contribution in [0.1, 0.15) is 33.4 Å². The van der Waals surface area contributed by atoms with Crippen LogP contribution < -0.4 is 0 Å². The summed E-state index contributed by atoms with van der Waals surface area (Å²) in [4.78, 5) is 0. The van der Waals surface area contributed by atoms with Gasteiger partial charge in [-0.3, -0.25) is 0 Å². The van der Waals surface area contributed by atoms with E-state index in [1.807, 2.05) is 109 Å². The monoisotopic (exact) mass is 598 g/mol. The molecule has 0 atom stereocenters. The molecule has 0 aromatic heterocycles. The van der Waals surface area contributed by atoms with Crippen LogP contribution in [0, 0.1) is 0 Å². The van der Waals surface area contributed by atoms with E-state index in [9.17, 15) is 0 Å². The first-order valence-corrected chi connectivity index (χ1v) is 14.2. The minimum absolute atomic E-state index is 0. The Morgan fingerprint density at radius 2 is 0.302 bits per heavy atom. The molecule has 212 valence electrons. The molecule has 0 N–H and O–H groups in total. The van der Waals surface area contributed by atoms with Crippen LogP contribution in [0.4, 0.5) is 0 Å². The van der Waals surface area contributed by atoms with Gasteiger partial charge in [0.25, 0.3) is 0 Å². The minimum atomic E-state index is 0. The summed E-state index contributed by atoms with van der Waals surface area (Å²) in [5.74, 6) is 0. The Hall–Kier alpha value is -4.97. The van der Waals surface area contributed by atoms with E-state index in [4.69, 9.17) is 0 Å². The molecule has 0 fully saturated rings. The second-order valence-electron chi connectivity index (χ2n) is 9.46. The van der Waals surface area contributed by atoms with E-state index in [1.54, 1.807) is 0 Å². The van der Waals surface area contributed by atoms with E-state index >= 15 is 0 Å². The van der Waals surface area contributed by atoms with E-state index < -0.39 is 0 Å². The summed E-state index contributed by atoms with van der Waals surface area (Å²) in [6, 6.07) is 61.9. The van der Waals surface area contributed by atoms with Gasteiger partial charge in [-0.15, -0.1) is 0 Å². The van der Waals surface area contributed by atoms with Gasteiger partial charge in [0, 0.05) is 0 Å². The second kappa shape index (κ2) is 20.0. The molecule has 0 bridgehead atoms. The Labute approximate surface area is 267 Å². The molecule has 0 saturated heterocycles. The third-order valence-corrected chi connectivity index (χ3v) is 6.20. The smallest absolute Gasteiger partial charge is 0.0622 e. The van der Waals surface area contributed by atoms with Crippen molar-refractivity contribution in [1.82, 2.24) is 0 Å². The topological polar surface area (TPSA) is 0 Å². The van der Waals surface area contributed by atoms with Crippen molar-refractivity contribution in [2.24, 2.45) is 0 Å². The van der Waals surface area contributed by atoms with Gasteiger partial charge in [0.1, 0.15) is 0 Å². The quantitative estimate of drug-likeness (QED) is 0.132. The predicted molar refractivity (Wildman–Crippen MR) is 185 cm³/mol. The molecule has 6 aromatic carbocycles. The van der Waals surface area contributed by atoms with Gasteiger partial charge in [-0.2, -0.15) is 0 Å². The molecule has 0 amide bonds. The van der Waals surface area contributed by atoms with Gasteiger partial charge in [-0.05, 0) is 33.4 Å². The van der Waals surface area contributed by atoms with Gasteiger partial charge >= 0.3 is 16.5 Å². The molecular formula is C42H36Ni+2. The van der Waals surface area contributed by atoms with Gasteiger partial charge in [-0.1, -0.05) is 218 Å². The SMILES string of the molecule is C(=C\c1ccccc1)/c1ccccc1.C(=C\c1ccccc1)/c1ccccc1.C(=C\c1ccccc1)/c1ccccc1.[Ni+2]. The fourth-order valence-electron chi connectivity index (χ4n) is 3.96. The standard InChI is InChI=1S/3C14H12.Ni/c3*1-3-7-13(8-4-1)11-12-14-9-5-2-6-10-14;/h3*1-12H;/q;;;+2/b3*12-11+;. The average Bonchev–Trinajstić information content (AvgIpc) is 3.09. The molecule has 0 unspecified atom stereocenters. The third-order valence-electron chi connectivity index (χ3n) is 6.20. The molecule has 0 aliphatic rings. The number of benzene rings is 6. The van der Waals surface area contributed by atoms with Crippen molar-refractivity contribution in [3.8, 4) is 0 Å². The number of hydrogen-bond donors (Lipinski definition) is 0. The fourth-order valence-corrected chi connectivity index (χ4v) is 3.96. The molecule has 0 nitrogen and oxygen atoms in total. The van der Waals surface area contributed by atoms with Crippen LogP contribution in [0.5, 0.6) is 0 Å². The fraction of sp³-hybridized carbons (Fsp3) is 0. The molecule has 1 heteroatoms. The van der Waals surface area contributed by atoms with Crippen molar-refractivity contribution in [3.05, 3.63) is 215 Å². The van der Waals surface area contributed by atoms with Crippen LogP contribution in [0.25, 0.3) is 36.5 Å². The van der Waals surface area contributed by atoms with Gasteiger partial charge in [0.2, 0.25) is 0 Å². The predicted octanol–water partition coefficient (Wildman–Crippen LogP) is 11.6. The van der Waals surface area contributed by atoms with Crippen molar-refractivity contribution >= 4 is 36.5 Å². The minimum Gasteiger partial charge on any atom is -0.0622 e. The molecule has 0 spiro atoms. The molecule has 6 rings (SSSR count). The van der Waals surface area contributed by atoms with Crippen LogP contribution in [0.2, 0.25) is 0 Å². The van der Waals surface area contributed by atoms with Gasteiger partial charge in [-0.25, -0.2) is 0 Å². The summed E-state index contributed by atoms with van der Waals surface area (Å²) in [6.07, 6.45) is 12.7. The van der Waals surface area contributed by atoms with E-state index in [0.29, 0.717) is 0 Å². The number of hydrogen-bond acceptors (Lipinski definition) is 0. The molecule has 0 aliphatic heterocycles. The molecule has 0 radical (unpaired) electrons. The van der Waals surface area contributed by atoms with Gasteiger partial charge in [0.05, 0.1) is 0 Å². The summed E-state index contributed by atoms with van der Waals surface area (Å²) in [6.45, 7) is 0. The molecule has 43 heavy (non-hydrogen) atoms. The Balaban J connectivity index is 0.000000175. The molecule has 0 heterocycles. The summed E-state index contributed by atoms with van der Waals surface area (Å²) in [5, 5.41) is 0.